The Balaban J connectivity index is 2.14. The Hall–Kier alpha value is -1.07. The Morgan fingerprint density at radius 3 is 2.94 bits per heavy atom. The van der Waals surface area contributed by atoms with Crippen LogP contribution in [-0.4, -0.2) is 12.5 Å². The van der Waals surface area contributed by atoms with Crippen LogP contribution >= 0.6 is 15.9 Å². The smallest absolute Gasteiger partial charge is 0.233 e. The molecule has 0 atom stereocenters. The lowest BCUT2D eigenvalue weighted by molar-refractivity contribution is -0.121. The van der Waals surface area contributed by atoms with Crippen molar-refractivity contribution in [3.05, 3.63) is 28.7 Å². The molecule has 3 N–H and O–H groups in total. The third-order valence-electron chi connectivity index (χ3n) is 2.02. The third-order valence-corrected chi connectivity index (χ3v) is 2.52. The highest BCUT2D eigenvalue weighted by molar-refractivity contribution is 9.10. The number of hydrazine groups is 1. The summed E-state index contributed by atoms with van der Waals surface area (Å²) in [5.74, 6) is 5.65. The molecule has 1 rings (SSSR count). The van der Waals surface area contributed by atoms with Gasteiger partial charge in [0.15, 0.2) is 0 Å². The van der Waals surface area contributed by atoms with E-state index in [0.29, 0.717) is 13.0 Å². The summed E-state index contributed by atoms with van der Waals surface area (Å²) < 4.78 is 6.50. The van der Waals surface area contributed by atoms with Gasteiger partial charge in [-0.3, -0.25) is 10.2 Å². The maximum absolute atomic E-state index is 10.8. The Morgan fingerprint density at radius 2 is 2.25 bits per heavy atom. The van der Waals surface area contributed by atoms with Gasteiger partial charge in [-0.25, -0.2) is 5.84 Å². The van der Waals surface area contributed by atoms with Crippen LogP contribution < -0.4 is 16.0 Å². The van der Waals surface area contributed by atoms with Crippen LogP contribution in [0.25, 0.3) is 0 Å². The number of amides is 1. The van der Waals surface area contributed by atoms with Crippen LogP contribution in [-0.2, 0) is 4.79 Å². The fraction of sp³-hybridized carbons (Fsp3) is 0.364. The maximum atomic E-state index is 10.8. The number of carbonyl (C=O) groups excluding carboxylic acids is 1. The molecule has 0 heterocycles. The molecule has 4 nitrogen and oxygen atoms in total. The van der Waals surface area contributed by atoms with E-state index in [2.05, 4.69) is 21.4 Å². The molecular weight excluding hydrogens is 272 g/mol. The first-order valence-corrected chi connectivity index (χ1v) is 5.89. The zero-order valence-corrected chi connectivity index (χ0v) is 10.5. The molecule has 0 saturated carbocycles. The molecule has 0 spiro atoms. The van der Waals surface area contributed by atoms with E-state index in [1.807, 2.05) is 24.3 Å². The summed E-state index contributed by atoms with van der Waals surface area (Å²) in [5.41, 5.74) is 2.10. The Morgan fingerprint density at radius 1 is 1.44 bits per heavy atom. The molecule has 1 aromatic carbocycles. The molecule has 0 radical (unpaired) electrons. The molecule has 0 bridgehead atoms. The monoisotopic (exact) mass is 286 g/mol. The standard InChI is InChI=1S/C11H15BrN2O2/c12-9-4-3-5-10(8-9)16-7-2-1-6-11(15)14-13/h3-5,8H,1-2,6-7,13H2,(H,14,15). The minimum Gasteiger partial charge on any atom is -0.494 e. The first-order valence-electron chi connectivity index (χ1n) is 5.10. The normalized spacial score (nSPS) is 9.88. The SMILES string of the molecule is NNC(=O)CCCCOc1cccc(Br)c1. The van der Waals surface area contributed by atoms with Crippen LogP contribution in [0, 0.1) is 0 Å². The van der Waals surface area contributed by atoms with E-state index in [1.54, 1.807) is 0 Å². The first kappa shape index (κ1) is 13.0. The van der Waals surface area contributed by atoms with Crippen molar-refractivity contribution in [1.29, 1.82) is 0 Å². The van der Waals surface area contributed by atoms with E-state index in [-0.39, 0.29) is 5.91 Å². The number of benzene rings is 1. The molecule has 1 amide bonds. The second kappa shape index (κ2) is 7.24. The van der Waals surface area contributed by atoms with Crippen molar-refractivity contribution in [2.45, 2.75) is 19.3 Å². The number of hydrogen-bond donors (Lipinski definition) is 2. The number of carbonyl (C=O) groups is 1. The minimum absolute atomic E-state index is 0.137. The molecule has 0 saturated heterocycles. The maximum Gasteiger partial charge on any atom is 0.233 e. The van der Waals surface area contributed by atoms with Gasteiger partial charge in [-0.2, -0.15) is 0 Å². The third kappa shape index (κ3) is 5.14. The molecule has 0 aliphatic carbocycles. The molecule has 5 heteroatoms. The number of hydrogen-bond acceptors (Lipinski definition) is 3. The van der Waals surface area contributed by atoms with Crippen LogP contribution in [0.5, 0.6) is 5.75 Å². The predicted octanol–water partition coefficient (Wildman–Crippen LogP) is 1.99. The highest BCUT2D eigenvalue weighted by atomic mass is 79.9. The van der Waals surface area contributed by atoms with Gasteiger partial charge >= 0.3 is 0 Å². The fourth-order valence-electron chi connectivity index (χ4n) is 1.21. The van der Waals surface area contributed by atoms with Crippen molar-refractivity contribution in [2.24, 2.45) is 5.84 Å². The van der Waals surface area contributed by atoms with Crippen molar-refractivity contribution in [2.75, 3.05) is 6.61 Å². The Labute approximate surface area is 103 Å². The van der Waals surface area contributed by atoms with Gasteiger partial charge in [-0.05, 0) is 31.0 Å². The molecular formula is C11H15BrN2O2. The summed E-state index contributed by atoms with van der Waals surface area (Å²) in [6.07, 6.45) is 2.05. The van der Waals surface area contributed by atoms with Gasteiger partial charge in [0.1, 0.15) is 5.75 Å². The average molecular weight is 287 g/mol. The molecule has 88 valence electrons. The van der Waals surface area contributed by atoms with E-state index < -0.39 is 0 Å². The molecule has 16 heavy (non-hydrogen) atoms. The second-order valence-corrected chi connectivity index (χ2v) is 4.25. The van der Waals surface area contributed by atoms with Crippen molar-refractivity contribution in [3.8, 4) is 5.75 Å². The number of nitrogens with two attached hydrogens (primary N) is 1. The van der Waals surface area contributed by atoms with E-state index >= 15 is 0 Å². The summed E-state index contributed by atoms with van der Waals surface area (Å²) in [5, 5.41) is 0. The lowest BCUT2D eigenvalue weighted by Crippen LogP contribution is -2.29. The fourth-order valence-corrected chi connectivity index (χ4v) is 1.58. The molecule has 1 aromatic rings. The highest BCUT2D eigenvalue weighted by Gasteiger charge is 1.98. The highest BCUT2D eigenvalue weighted by Crippen LogP contribution is 2.17. The van der Waals surface area contributed by atoms with Gasteiger partial charge in [0.25, 0.3) is 0 Å². The summed E-state index contributed by atoms with van der Waals surface area (Å²) in [7, 11) is 0. The van der Waals surface area contributed by atoms with Crippen molar-refractivity contribution in [1.82, 2.24) is 5.43 Å². The Kier molecular flexibility index (Phi) is 5.88. The number of unbranched alkanes of at least 4 members (excludes halogenated alkanes) is 1. The summed E-state index contributed by atoms with van der Waals surface area (Å²) in [4.78, 5) is 10.8. The molecule has 0 unspecified atom stereocenters. The predicted molar refractivity (Wildman–Crippen MR) is 65.8 cm³/mol. The minimum atomic E-state index is -0.137. The largest absolute Gasteiger partial charge is 0.494 e. The van der Waals surface area contributed by atoms with Crippen LogP contribution in [0.3, 0.4) is 0 Å². The van der Waals surface area contributed by atoms with Gasteiger partial charge in [-0.15, -0.1) is 0 Å². The van der Waals surface area contributed by atoms with Gasteiger partial charge in [-0.1, -0.05) is 22.0 Å². The summed E-state index contributed by atoms with van der Waals surface area (Å²) in [6, 6.07) is 7.67. The van der Waals surface area contributed by atoms with E-state index in [1.165, 1.54) is 0 Å². The molecule has 0 fully saturated rings. The quantitative estimate of drug-likeness (QED) is 0.364. The van der Waals surface area contributed by atoms with Crippen LogP contribution in [0.15, 0.2) is 28.7 Å². The summed E-state index contributed by atoms with van der Waals surface area (Å²) in [6.45, 7) is 0.605. The van der Waals surface area contributed by atoms with E-state index in [4.69, 9.17) is 10.6 Å². The lowest BCUT2D eigenvalue weighted by Gasteiger charge is -2.05. The average Bonchev–Trinajstić information content (AvgIpc) is 2.28. The summed E-state index contributed by atoms with van der Waals surface area (Å²) >= 11 is 3.37. The second-order valence-electron chi connectivity index (χ2n) is 3.33. The van der Waals surface area contributed by atoms with Crippen LogP contribution in [0.1, 0.15) is 19.3 Å². The number of rotatable bonds is 6. The van der Waals surface area contributed by atoms with Crippen molar-refractivity contribution >= 4 is 21.8 Å². The van der Waals surface area contributed by atoms with E-state index in [9.17, 15) is 4.79 Å². The van der Waals surface area contributed by atoms with E-state index in [0.717, 1.165) is 23.1 Å². The van der Waals surface area contributed by atoms with Gasteiger partial charge in [0.05, 0.1) is 6.61 Å². The van der Waals surface area contributed by atoms with Gasteiger partial charge in [0.2, 0.25) is 5.91 Å². The Bertz CT molecular complexity index is 345. The van der Waals surface area contributed by atoms with Crippen molar-refractivity contribution < 1.29 is 9.53 Å². The first-order chi connectivity index (χ1) is 7.72. The number of halogens is 1. The van der Waals surface area contributed by atoms with Crippen LogP contribution in [0.4, 0.5) is 0 Å². The molecule has 0 aliphatic rings. The van der Waals surface area contributed by atoms with Gasteiger partial charge in [0, 0.05) is 10.9 Å². The zero-order chi connectivity index (χ0) is 11.8. The molecule has 0 aromatic heterocycles. The lowest BCUT2D eigenvalue weighted by atomic mass is 10.2. The number of ether oxygens (including phenoxy) is 1. The topological polar surface area (TPSA) is 64.3 Å². The molecule has 0 aliphatic heterocycles. The van der Waals surface area contributed by atoms with Crippen molar-refractivity contribution in [3.63, 3.8) is 0 Å². The van der Waals surface area contributed by atoms with Crippen LogP contribution in [0.2, 0.25) is 0 Å². The number of nitrogens with one attached hydrogen (secondary N) is 1. The zero-order valence-electron chi connectivity index (χ0n) is 8.91. The van der Waals surface area contributed by atoms with Gasteiger partial charge < -0.3 is 4.74 Å².